The number of carbonyl (C=O) groups is 2. The normalized spacial score (nSPS) is 16.3. The SMILES string of the molecule is CC(CNC(C)(C)C)CN1C(=O)C(=O)c2cccc(F)c21. The van der Waals surface area contributed by atoms with Crippen molar-refractivity contribution in [3.63, 3.8) is 0 Å². The van der Waals surface area contributed by atoms with E-state index in [1.165, 1.54) is 23.1 Å². The van der Waals surface area contributed by atoms with Crippen LogP contribution in [0.25, 0.3) is 0 Å². The van der Waals surface area contributed by atoms with Crippen LogP contribution in [0.5, 0.6) is 0 Å². The van der Waals surface area contributed by atoms with E-state index in [4.69, 9.17) is 0 Å². The molecule has 1 aromatic rings. The number of amides is 1. The molecule has 0 spiro atoms. The predicted octanol–water partition coefficient (Wildman–Crippen LogP) is 2.38. The highest BCUT2D eigenvalue weighted by atomic mass is 19.1. The summed E-state index contributed by atoms with van der Waals surface area (Å²) in [6.45, 7) is 9.14. The van der Waals surface area contributed by atoms with Crippen LogP contribution in [0.15, 0.2) is 18.2 Å². The fourth-order valence-corrected chi connectivity index (χ4v) is 2.34. The molecule has 0 saturated heterocycles. The molecule has 21 heavy (non-hydrogen) atoms. The number of fused-ring (bicyclic) bond motifs is 1. The van der Waals surface area contributed by atoms with Gasteiger partial charge in [0, 0.05) is 12.1 Å². The lowest BCUT2D eigenvalue weighted by Crippen LogP contribution is -2.42. The number of Topliss-reactive ketones (excluding diaryl/α,β-unsaturated/α-hetero) is 1. The Morgan fingerprint density at radius 1 is 1.29 bits per heavy atom. The third kappa shape index (κ3) is 3.29. The largest absolute Gasteiger partial charge is 0.312 e. The van der Waals surface area contributed by atoms with Crippen molar-refractivity contribution in [3.05, 3.63) is 29.6 Å². The van der Waals surface area contributed by atoms with Gasteiger partial charge in [0.25, 0.3) is 11.7 Å². The van der Waals surface area contributed by atoms with Crippen LogP contribution in [0.3, 0.4) is 0 Å². The van der Waals surface area contributed by atoms with Crippen LogP contribution in [0.4, 0.5) is 10.1 Å². The summed E-state index contributed by atoms with van der Waals surface area (Å²) in [7, 11) is 0. The first-order chi connectivity index (χ1) is 9.70. The lowest BCUT2D eigenvalue weighted by atomic mass is 10.1. The van der Waals surface area contributed by atoms with Gasteiger partial charge in [-0.05, 0) is 45.4 Å². The van der Waals surface area contributed by atoms with Gasteiger partial charge in [-0.3, -0.25) is 9.59 Å². The molecule has 114 valence electrons. The standard InChI is InChI=1S/C16H21FN2O2/c1-10(8-18-16(2,3)4)9-19-13-11(14(20)15(19)21)6-5-7-12(13)17/h5-7,10,18H,8-9H2,1-4H3. The fourth-order valence-electron chi connectivity index (χ4n) is 2.34. The van der Waals surface area contributed by atoms with E-state index in [0.29, 0.717) is 13.1 Å². The molecule has 1 heterocycles. The Morgan fingerprint density at radius 2 is 1.95 bits per heavy atom. The Kier molecular flexibility index (Phi) is 4.14. The van der Waals surface area contributed by atoms with Gasteiger partial charge in [-0.25, -0.2) is 4.39 Å². The molecule has 0 saturated carbocycles. The summed E-state index contributed by atoms with van der Waals surface area (Å²) in [4.78, 5) is 25.2. The topological polar surface area (TPSA) is 49.4 Å². The maximum atomic E-state index is 14.0. The number of benzene rings is 1. The molecule has 4 nitrogen and oxygen atoms in total. The molecule has 1 amide bonds. The summed E-state index contributed by atoms with van der Waals surface area (Å²) in [6, 6.07) is 4.22. The van der Waals surface area contributed by atoms with Crippen LogP contribution in [0, 0.1) is 11.7 Å². The number of anilines is 1. The molecule has 0 bridgehead atoms. The molecule has 5 heteroatoms. The average molecular weight is 292 g/mol. The summed E-state index contributed by atoms with van der Waals surface area (Å²) in [5.74, 6) is -1.69. The van der Waals surface area contributed by atoms with E-state index in [0.717, 1.165) is 0 Å². The summed E-state index contributed by atoms with van der Waals surface area (Å²) in [6.07, 6.45) is 0. The predicted molar refractivity (Wildman–Crippen MR) is 80.0 cm³/mol. The fraction of sp³-hybridized carbons (Fsp3) is 0.500. The zero-order chi connectivity index (χ0) is 15.8. The van der Waals surface area contributed by atoms with Gasteiger partial charge in [0.2, 0.25) is 0 Å². The van der Waals surface area contributed by atoms with E-state index in [9.17, 15) is 14.0 Å². The van der Waals surface area contributed by atoms with E-state index >= 15 is 0 Å². The van der Waals surface area contributed by atoms with E-state index in [1.807, 2.05) is 6.92 Å². The average Bonchev–Trinajstić information content (AvgIpc) is 2.62. The number of carbonyl (C=O) groups excluding carboxylic acids is 2. The summed E-state index contributed by atoms with van der Waals surface area (Å²) in [5, 5.41) is 3.34. The van der Waals surface area contributed by atoms with Crippen LogP contribution < -0.4 is 10.2 Å². The molecule has 1 aliphatic heterocycles. The first-order valence-electron chi connectivity index (χ1n) is 7.10. The van der Waals surface area contributed by atoms with E-state index < -0.39 is 17.5 Å². The molecule has 0 aliphatic carbocycles. The zero-order valence-electron chi connectivity index (χ0n) is 12.9. The number of halogens is 1. The Bertz CT molecular complexity index is 578. The second-order valence-corrected chi connectivity index (χ2v) is 6.62. The van der Waals surface area contributed by atoms with Crippen LogP contribution in [-0.2, 0) is 4.79 Å². The van der Waals surface area contributed by atoms with Gasteiger partial charge in [-0.1, -0.05) is 13.0 Å². The van der Waals surface area contributed by atoms with E-state index in [1.54, 1.807) is 0 Å². The van der Waals surface area contributed by atoms with Crippen molar-refractivity contribution >= 4 is 17.4 Å². The van der Waals surface area contributed by atoms with Gasteiger partial charge >= 0.3 is 0 Å². The van der Waals surface area contributed by atoms with Crippen molar-refractivity contribution in [2.24, 2.45) is 5.92 Å². The summed E-state index contributed by atoms with van der Waals surface area (Å²) in [5.41, 5.74) is 0.258. The molecular formula is C16H21FN2O2. The highest BCUT2D eigenvalue weighted by Gasteiger charge is 2.38. The Labute approximate surface area is 124 Å². The number of rotatable bonds is 4. The number of nitrogens with zero attached hydrogens (tertiary/aromatic N) is 1. The Hall–Kier alpha value is -1.75. The molecule has 0 fully saturated rings. The number of ketones is 1. The molecule has 1 aliphatic rings. The summed E-state index contributed by atoms with van der Waals surface area (Å²) >= 11 is 0. The van der Waals surface area contributed by atoms with Crippen LogP contribution >= 0.6 is 0 Å². The van der Waals surface area contributed by atoms with Crippen molar-refractivity contribution in [2.75, 3.05) is 18.0 Å². The highest BCUT2D eigenvalue weighted by Crippen LogP contribution is 2.32. The maximum Gasteiger partial charge on any atom is 0.299 e. The number of hydrogen-bond acceptors (Lipinski definition) is 3. The highest BCUT2D eigenvalue weighted by molar-refractivity contribution is 6.52. The molecule has 0 radical (unpaired) electrons. The molecule has 1 N–H and O–H groups in total. The first kappa shape index (κ1) is 15.6. The van der Waals surface area contributed by atoms with Crippen molar-refractivity contribution in [3.8, 4) is 0 Å². The minimum Gasteiger partial charge on any atom is -0.312 e. The molecule has 1 atom stereocenters. The lowest BCUT2D eigenvalue weighted by molar-refractivity contribution is -0.114. The second-order valence-electron chi connectivity index (χ2n) is 6.62. The number of nitrogens with one attached hydrogen (secondary N) is 1. The molecular weight excluding hydrogens is 271 g/mol. The van der Waals surface area contributed by atoms with Crippen LogP contribution in [-0.4, -0.2) is 30.3 Å². The van der Waals surface area contributed by atoms with E-state index in [-0.39, 0.29) is 22.7 Å². The third-order valence-electron chi connectivity index (χ3n) is 3.42. The maximum absolute atomic E-state index is 14.0. The van der Waals surface area contributed by atoms with Gasteiger partial charge in [0.15, 0.2) is 0 Å². The Balaban J connectivity index is 2.15. The van der Waals surface area contributed by atoms with Gasteiger partial charge in [-0.2, -0.15) is 0 Å². The zero-order valence-corrected chi connectivity index (χ0v) is 12.9. The quantitative estimate of drug-likeness (QED) is 0.867. The minimum atomic E-state index is -0.641. The summed E-state index contributed by atoms with van der Waals surface area (Å²) < 4.78 is 14.0. The van der Waals surface area contributed by atoms with Crippen molar-refractivity contribution in [2.45, 2.75) is 33.2 Å². The number of para-hydroxylation sites is 1. The third-order valence-corrected chi connectivity index (χ3v) is 3.42. The smallest absolute Gasteiger partial charge is 0.299 e. The first-order valence-corrected chi connectivity index (χ1v) is 7.10. The van der Waals surface area contributed by atoms with Gasteiger partial charge in [0.1, 0.15) is 5.82 Å². The van der Waals surface area contributed by atoms with E-state index in [2.05, 4.69) is 26.1 Å². The molecule has 0 aromatic heterocycles. The van der Waals surface area contributed by atoms with Crippen molar-refractivity contribution in [1.82, 2.24) is 5.32 Å². The number of hydrogen-bond donors (Lipinski definition) is 1. The molecule has 2 rings (SSSR count). The monoisotopic (exact) mass is 292 g/mol. The van der Waals surface area contributed by atoms with Gasteiger partial charge < -0.3 is 10.2 Å². The van der Waals surface area contributed by atoms with Crippen LogP contribution in [0.1, 0.15) is 38.1 Å². The lowest BCUT2D eigenvalue weighted by Gasteiger charge is -2.26. The van der Waals surface area contributed by atoms with Crippen molar-refractivity contribution < 1.29 is 14.0 Å². The van der Waals surface area contributed by atoms with Crippen molar-refractivity contribution in [1.29, 1.82) is 0 Å². The van der Waals surface area contributed by atoms with Crippen LogP contribution in [0.2, 0.25) is 0 Å². The molecule has 1 unspecified atom stereocenters. The Morgan fingerprint density at radius 3 is 2.57 bits per heavy atom. The minimum absolute atomic E-state index is 0.0255. The van der Waals surface area contributed by atoms with Gasteiger partial charge in [-0.15, -0.1) is 0 Å². The van der Waals surface area contributed by atoms with Gasteiger partial charge in [0.05, 0.1) is 11.3 Å². The second kappa shape index (κ2) is 5.56. The molecule has 1 aromatic carbocycles.